The van der Waals surface area contributed by atoms with Gasteiger partial charge in [-0.05, 0) is 48.3 Å². The van der Waals surface area contributed by atoms with Crippen LogP contribution in [0.15, 0.2) is 168 Å². The van der Waals surface area contributed by atoms with Crippen LogP contribution in [-0.2, 0) is 0 Å². The molecule has 0 aliphatic rings. The number of fused-ring (bicyclic) bond motifs is 1. The first-order valence-corrected chi connectivity index (χ1v) is 15.2. The first-order valence-electron chi connectivity index (χ1n) is 15.2. The summed E-state index contributed by atoms with van der Waals surface area (Å²) in [7, 11) is 0. The second-order valence-electron chi connectivity index (χ2n) is 10.8. The van der Waals surface area contributed by atoms with Gasteiger partial charge in [-0.3, -0.25) is 10.9 Å². The van der Waals surface area contributed by atoms with Gasteiger partial charge >= 0.3 is 0 Å². The van der Waals surface area contributed by atoms with Crippen LogP contribution in [0.2, 0.25) is 0 Å². The molecule has 6 heteroatoms. The molecule has 46 heavy (non-hydrogen) atoms. The average molecular weight is 599 g/mol. The normalized spacial score (nSPS) is 12.7. The fourth-order valence-corrected chi connectivity index (χ4v) is 5.05. The average Bonchev–Trinajstić information content (AvgIpc) is 3.13. The minimum absolute atomic E-state index is 0.549. The van der Waals surface area contributed by atoms with Crippen LogP contribution in [0.3, 0.4) is 0 Å². The Bertz CT molecular complexity index is 1880. The van der Waals surface area contributed by atoms with E-state index in [1.165, 1.54) is 0 Å². The lowest BCUT2D eigenvalue weighted by atomic mass is 10.0. The highest BCUT2D eigenvalue weighted by molar-refractivity contribution is 6.13. The summed E-state index contributed by atoms with van der Waals surface area (Å²) in [4.78, 5) is 0. The molecule has 0 atom stereocenters. The lowest BCUT2D eigenvalue weighted by molar-refractivity contribution is 1.03. The molecular weight excluding hydrogens is 564 g/mol. The van der Waals surface area contributed by atoms with Crippen LogP contribution in [0.1, 0.15) is 36.1 Å². The number of nitrogens with one attached hydrogen (secondary N) is 2. The predicted molar refractivity (Wildman–Crippen MR) is 193 cm³/mol. The smallest absolute Gasteiger partial charge is 0.176 e. The van der Waals surface area contributed by atoms with Crippen molar-refractivity contribution in [3.63, 3.8) is 0 Å². The van der Waals surface area contributed by atoms with Crippen molar-refractivity contribution < 1.29 is 0 Å². The molecule has 0 saturated heterocycles. The maximum absolute atomic E-state index is 4.82. The maximum atomic E-state index is 4.82. The van der Waals surface area contributed by atoms with E-state index in [0.717, 1.165) is 55.6 Å². The highest BCUT2D eigenvalue weighted by Crippen LogP contribution is 2.27. The molecule has 5 aromatic carbocycles. The quantitative estimate of drug-likeness (QED) is 0.122. The molecule has 1 heterocycles. The summed E-state index contributed by atoms with van der Waals surface area (Å²) < 4.78 is 0. The van der Waals surface area contributed by atoms with Crippen LogP contribution in [0.25, 0.3) is 21.9 Å². The third-order valence-corrected chi connectivity index (χ3v) is 7.56. The zero-order valence-corrected chi connectivity index (χ0v) is 25.8. The van der Waals surface area contributed by atoms with Gasteiger partial charge in [0.2, 0.25) is 0 Å². The largest absolute Gasteiger partial charge is 0.259 e. The molecule has 0 aliphatic carbocycles. The summed E-state index contributed by atoms with van der Waals surface area (Å²) in [6.07, 6.45) is 4.15. The number of aromatic nitrogens is 2. The Morgan fingerprint density at radius 1 is 0.435 bits per heavy atom. The van der Waals surface area contributed by atoms with Crippen molar-refractivity contribution in [3.8, 4) is 0 Å². The van der Waals surface area contributed by atoms with E-state index in [4.69, 9.17) is 10.2 Å². The minimum Gasteiger partial charge on any atom is -0.259 e. The Morgan fingerprint density at radius 3 is 1.09 bits per heavy atom. The van der Waals surface area contributed by atoms with Crippen molar-refractivity contribution in [1.29, 1.82) is 0 Å². The second-order valence-corrected chi connectivity index (χ2v) is 10.8. The third-order valence-electron chi connectivity index (χ3n) is 7.56. The van der Waals surface area contributed by atoms with Crippen molar-refractivity contribution in [2.45, 2.75) is 13.8 Å². The van der Waals surface area contributed by atoms with E-state index in [9.17, 15) is 0 Å². The van der Waals surface area contributed by atoms with Crippen LogP contribution in [0.5, 0.6) is 0 Å². The van der Waals surface area contributed by atoms with Gasteiger partial charge in [0, 0.05) is 21.9 Å². The molecule has 0 saturated carbocycles. The van der Waals surface area contributed by atoms with Gasteiger partial charge in [-0.25, -0.2) is 0 Å². The Labute approximate surface area is 269 Å². The molecule has 0 fully saturated rings. The predicted octanol–water partition coefficient (Wildman–Crippen LogP) is 9.47. The molecule has 1 aromatic heterocycles. The third kappa shape index (κ3) is 7.31. The summed E-state index contributed by atoms with van der Waals surface area (Å²) in [6.45, 7) is 4.18. The van der Waals surface area contributed by atoms with E-state index in [2.05, 4.69) is 71.3 Å². The fourth-order valence-electron chi connectivity index (χ4n) is 5.05. The van der Waals surface area contributed by atoms with E-state index < -0.39 is 0 Å². The van der Waals surface area contributed by atoms with Crippen molar-refractivity contribution in [2.24, 2.45) is 10.2 Å². The van der Waals surface area contributed by atoms with Crippen molar-refractivity contribution in [1.82, 2.24) is 10.2 Å². The van der Waals surface area contributed by atoms with E-state index in [1.54, 1.807) is 0 Å². The van der Waals surface area contributed by atoms with Crippen LogP contribution in [0, 0.1) is 0 Å². The molecule has 6 nitrogen and oxygen atoms in total. The van der Waals surface area contributed by atoms with Gasteiger partial charge in [-0.2, -0.15) is 10.2 Å². The number of allylic oxidation sites excluding steroid dienone is 4. The van der Waals surface area contributed by atoms with E-state index >= 15 is 0 Å². The fraction of sp³-hybridized carbons (Fsp3) is 0.0500. The number of hydrazone groups is 2. The van der Waals surface area contributed by atoms with Crippen LogP contribution < -0.4 is 10.9 Å². The highest BCUT2D eigenvalue weighted by atomic mass is 15.4. The first-order chi connectivity index (χ1) is 22.7. The molecule has 224 valence electrons. The van der Waals surface area contributed by atoms with Gasteiger partial charge in [0.15, 0.2) is 11.6 Å². The summed E-state index contributed by atoms with van der Waals surface area (Å²) in [5.74, 6) is 1.10. The molecule has 0 bridgehead atoms. The van der Waals surface area contributed by atoms with Crippen LogP contribution in [-0.4, -0.2) is 21.6 Å². The minimum atomic E-state index is 0.549. The first kappa shape index (κ1) is 29.9. The van der Waals surface area contributed by atoms with E-state index in [0.29, 0.717) is 11.6 Å². The van der Waals surface area contributed by atoms with Gasteiger partial charge in [0.05, 0.1) is 11.4 Å². The van der Waals surface area contributed by atoms with Gasteiger partial charge in [-0.15, -0.1) is 10.2 Å². The molecule has 0 radical (unpaired) electrons. The van der Waals surface area contributed by atoms with Gasteiger partial charge < -0.3 is 0 Å². The number of hydrogen-bond acceptors (Lipinski definition) is 6. The molecule has 0 unspecified atom stereocenters. The van der Waals surface area contributed by atoms with Crippen LogP contribution in [0.4, 0.5) is 11.6 Å². The maximum Gasteiger partial charge on any atom is 0.176 e. The van der Waals surface area contributed by atoms with Gasteiger partial charge in [0.25, 0.3) is 0 Å². The summed E-state index contributed by atoms with van der Waals surface area (Å²) in [6, 6.07) is 48.7. The van der Waals surface area contributed by atoms with E-state index in [1.807, 2.05) is 121 Å². The number of rotatable bonds is 10. The lowest BCUT2D eigenvalue weighted by Crippen LogP contribution is -2.07. The Kier molecular flexibility index (Phi) is 9.46. The zero-order valence-electron chi connectivity index (χ0n) is 25.8. The topological polar surface area (TPSA) is 74.6 Å². The SMILES string of the molecule is C/C(=C\C(=N\Nc1nnc(N/N=C(/C=C(\C)c2ccccc2)c2ccccc2)c2ccccc12)c1ccccc1)c1ccccc1. The van der Waals surface area contributed by atoms with Crippen molar-refractivity contribution in [3.05, 3.63) is 180 Å². The molecule has 6 aromatic rings. The number of anilines is 2. The number of nitrogens with zero attached hydrogens (tertiary/aromatic N) is 4. The number of benzene rings is 5. The number of hydrogen-bond donors (Lipinski definition) is 2. The van der Waals surface area contributed by atoms with E-state index in [-0.39, 0.29) is 0 Å². The summed E-state index contributed by atoms with van der Waals surface area (Å²) in [5, 5.41) is 20.4. The van der Waals surface area contributed by atoms with Crippen molar-refractivity contribution >= 4 is 45.0 Å². The Morgan fingerprint density at radius 2 is 0.739 bits per heavy atom. The van der Waals surface area contributed by atoms with Gasteiger partial charge in [-0.1, -0.05) is 146 Å². The molecule has 0 aliphatic heterocycles. The van der Waals surface area contributed by atoms with Gasteiger partial charge in [0.1, 0.15) is 0 Å². The zero-order chi connectivity index (χ0) is 31.6. The molecule has 0 spiro atoms. The molecule has 0 amide bonds. The van der Waals surface area contributed by atoms with Crippen LogP contribution >= 0.6 is 0 Å². The summed E-state index contributed by atoms with van der Waals surface area (Å²) >= 11 is 0. The van der Waals surface area contributed by atoms with Crippen molar-refractivity contribution in [2.75, 3.05) is 10.9 Å². The molecular formula is C40H34N6. The Hall–Kier alpha value is -6.14. The standard InChI is InChI=1S/C40H34N6/c1-29(31-17-7-3-8-18-31)27-37(33-21-11-5-12-22-33)41-43-39-35-25-15-16-26-36(35)40(46-45-39)44-42-38(34-23-13-6-14-24-34)28-30(2)32-19-9-4-10-20-32/h3-28H,1-2H3,(H,43,45)(H,44,46)/b29-27+,30-28+,41-37-,42-38-. The lowest BCUT2D eigenvalue weighted by Gasteiger charge is -2.11. The molecule has 6 rings (SSSR count). The monoisotopic (exact) mass is 598 g/mol. The molecule has 2 N–H and O–H groups in total. The highest BCUT2D eigenvalue weighted by Gasteiger charge is 2.11. The Balaban J connectivity index is 1.34. The second kappa shape index (κ2) is 14.6. The summed E-state index contributed by atoms with van der Waals surface area (Å²) in [5.41, 5.74) is 14.4.